The Morgan fingerprint density at radius 2 is 1.43 bits per heavy atom. The van der Waals surface area contributed by atoms with Crippen LogP contribution in [0.1, 0.15) is 59.9 Å². The van der Waals surface area contributed by atoms with Crippen LogP contribution in [0.3, 0.4) is 0 Å². The number of phenolic OH excluding ortho intramolecular Hbond substituents is 1. The zero-order valence-corrected chi connectivity index (χ0v) is 34.2. The fourth-order valence-electron chi connectivity index (χ4n) is 6.21. The van der Waals surface area contributed by atoms with Gasteiger partial charge in [0.15, 0.2) is 11.4 Å². The van der Waals surface area contributed by atoms with Crippen molar-refractivity contribution in [3.05, 3.63) is 110 Å². The number of hydrogen-bond acceptors (Lipinski definition) is 11. The van der Waals surface area contributed by atoms with Gasteiger partial charge < -0.3 is 42.2 Å². The molecular weight excluding hydrogens is 800 g/mol. The Kier molecular flexibility index (Phi) is 20.2. The van der Waals surface area contributed by atoms with Crippen molar-refractivity contribution < 1.29 is 38.8 Å². The van der Waals surface area contributed by atoms with E-state index in [0.717, 1.165) is 11.9 Å². The fraction of sp³-hybridized carbons (Fsp3) is 0.400. The van der Waals surface area contributed by atoms with Crippen LogP contribution in [0.25, 0.3) is 0 Å². The van der Waals surface area contributed by atoms with Crippen LogP contribution in [0.15, 0.2) is 71.8 Å². The highest BCUT2D eigenvalue weighted by Crippen LogP contribution is 2.22. The second-order valence-electron chi connectivity index (χ2n) is 13.9. The van der Waals surface area contributed by atoms with Crippen molar-refractivity contribution in [2.75, 3.05) is 13.1 Å². The van der Waals surface area contributed by atoms with E-state index in [2.05, 4.69) is 37.1 Å². The minimum Gasteiger partial charge on any atom is -0.508 e. The molecule has 3 rings (SSSR count). The molecule has 20 heteroatoms. The van der Waals surface area contributed by atoms with Crippen molar-refractivity contribution in [2.24, 2.45) is 16.7 Å². The third-order valence-corrected chi connectivity index (χ3v) is 9.73. The quantitative estimate of drug-likeness (QED) is 0.0148. The second kappa shape index (κ2) is 25.2. The highest BCUT2D eigenvalue weighted by Gasteiger charge is 2.31. The van der Waals surface area contributed by atoms with Gasteiger partial charge in [-0.25, -0.2) is 14.9 Å². The molecule has 3 aromatic rings. The normalized spacial score (nSPS) is 13.0. The van der Waals surface area contributed by atoms with Crippen LogP contribution in [-0.4, -0.2) is 83.5 Å². The van der Waals surface area contributed by atoms with Crippen molar-refractivity contribution in [2.45, 2.75) is 89.6 Å². The number of nitrogens with two attached hydrogens (primary N) is 2. The molecule has 0 radical (unpaired) electrons. The van der Waals surface area contributed by atoms with E-state index in [-0.39, 0.29) is 44.6 Å². The highest BCUT2D eigenvalue weighted by atomic mass is 35.5. The molecule has 0 aliphatic rings. The minimum absolute atomic E-state index is 0.00114. The molecule has 3 aromatic carbocycles. The molecule has 0 aliphatic heterocycles. The molecule has 0 aromatic heterocycles. The molecule has 0 heterocycles. The number of hydrogen-bond donors (Lipinski definition) is 9. The van der Waals surface area contributed by atoms with Gasteiger partial charge in [-0.3, -0.25) is 30.4 Å². The molecular formula is C40H53ClN10O9. The number of aromatic hydroxyl groups is 1. The van der Waals surface area contributed by atoms with Crippen LogP contribution in [0.4, 0.5) is 4.79 Å². The Hall–Kier alpha value is -6.31. The first kappa shape index (κ1) is 48.1. The molecule has 0 unspecified atom stereocenters. The summed E-state index contributed by atoms with van der Waals surface area (Å²) in [5.74, 6) is 2.39. The molecule has 19 nitrogen and oxygen atoms in total. The van der Waals surface area contributed by atoms with Crippen LogP contribution in [0.5, 0.6) is 5.75 Å². The third kappa shape index (κ3) is 16.9. The molecule has 11 N–H and O–H groups in total. The number of halogens is 1. The first-order valence-corrected chi connectivity index (χ1v) is 19.6. The van der Waals surface area contributed by atoms with Gasteiger partial charge in [0.05, 0.1) is 5.10 Å². The van der Waals surface area contributed by atoms with Gasteiger partial charge in [0, 0.05) is 36.5 Å². The first-order chi connectivity index (χ1) is 28.7. The van der Waals surface area contributed by atoms with Gasteiger partial charge in [0.1, 0.15) is 36.5 Å². The Balaban J connectivity index is 1.85. The molecule has 0 spiro atoms. The SMILES string of the molecule is Cc1cc(O)cc(C)c1C[C@H](NC(=O)[C@@H](CCCNN)NC=N[N+](=O)[O-])C(=O)N[C@@H](CCCCNC(=O)OCc1ccccc1Cl)C(=O)N[C@@H](Cc1ccccc1)C(N)=O. The van der Waals surface area contributed by atoms with Gasteiger partial charge in [-0.15, -0.1) is 0 Å². The summed E-state index contributed by atoms with van der Waals surface area (Å²) >= 11 is 6.14. The van der Waals surface area contributed by atoms with Gasteiger partial charge >= 0.3 is 6.09 Å². The van der Waals surface area contributed by atoms with E-state index in [1.165, 1.54) is 12.1 Å². The van der Waals surface area contributed by atoms with Gasteiger partial charge in [-0.2, -0.15) is 0 Å². The average Bonchev–Trinajstić information content (AvgIpc) is 3.20. The number of nitro groups is 1. The molecule has 5 amide bonds. The largest absolute Gasteiger partial charge is 0.508 e. The lowest BCUT2D eigenvalue weighted by Crippen LogP contribution is -2.58. The molecule has 324 valence electrons. The lowest BCUT2D eigenvalue weighted by atomic mass is 9.95. The molecule has 0 fully saturated rings. The van der Waals surface area contributed by atoms with Crippen LogP contribution >= 0.6 is 11.6 Å². The minimum atomic E-state index is -1.31. The smallest absolute Gasteiger partial charge is 0.407 e. The maximum Gasteiger partial charge on any atom is 0.407 e. The highest BCUT2D eigenvalue weighted by molar-refractivity contribution is 6.31. The molecule has 0 saturated heterocycles. The van der Waals surface area contributed by atoms with E-state index in [1.807, 2.05) is 0 Å². The van der Waals surface area contributed by atoms with Gasteiger partial charge in [0.2, 0.25) is 23.6 Å². The first-order valence-electron chi connectivity index (χ1n) is 19.2. The van der Waals surface area contributed by atoms with Crippen LogP contribution in [0.2, 0.25) is 5.02 Å². The van der Waals surface area contributed by atoms with E-state index in [9.17, 15) is 39.2 Å². The topological polar surface area (TPSA) is 295 Å². The summed E-state index contributed by atoms with van der Waals surface area (Å²) in [5, 5.41) is 36.9. The number of unbranched alkanes of at least 4 members (excludes halogenated alkanes) is 1. The van der Waals surface area contributed by atoms with E-state index < -0.39 is 58.9 Å². The summed E-state index contributed by atoms with van der Waals surface area (Å²) in [4.78, 5) is 77.7. The maximum atomic E-state index is 14.3. The number of ether oxygens (including phenoxy) is 1. The number of primary amides is 1. The second-order valence-corrected chi connectivity index (χ2v) is 14.3. The number of hydrazone groups is 1. The Morgan fingerprint density at radius 3 is 2.08 bits per heavy atom. The number of nitrogens with zero attached hydrogens (tertiary/aromatic N) is 2. The molecule has 0 aliphatic carbocycles. The number of alkyl carbamates (subject to hydrolysis) is 1. The van der Waals surface area contributed by atoms with E-state index in [1.54, 1.807) is 68.4 Å². The Bertz CT molecular complexity index is 1930. The Labute approximate surface area is 352 Å². The monoisotopic (exact) mass is 852 g/mol. The van der Waals surface area contributed by atoms with Crippen LogP contribution in [0, 0.1) is 24.0 Å². The summed E-state index contributed by atoms with van der Waals surface area (Å²) < 4.78 is 5.25. The lowest BCUT2D eigenvalue weighted by molar-refractivity contribution is -0.484. The molecule has 0 saturated carbocycles. The number of nitrogens with one attached hydrogen (secondary N) is 6. The van der Waals surface area contributed by atoms with Crippen molar-refractivity contribution in [1.82, 2.24) is 32.0 Å². The third-order valence-electron chi connectivity index (χ3n) is 9.36. The van der Waals surface area contributed by atoms with Gasteiger partial charge in [-0.05, 0) is 86.4 Å². The maximum absolute atomic E-state index is 14.3. The van der Waals surface area contributed by atoms with Crippen LogP contribution in [-0.2, 0) is 43.4 Å². The van der Waals surface area contributed by atoms with E-state index in [0.29, 0.717) is 53.1 Å². The predicted molar refractivity (Wildman–Crippen MR) is 224 cm³/mol. The van der Waals surface area contributed by atoms with Crippen molar-refractivity contribution in [3.63, 3.8) is 0 Å². The number of carbonyl (C=O) groups excluding carboxylic acids is 5. The number of amides is 5. The van der Waals surface area contributed by atoms with Crippen molar-refractivity contribution >= 4 is 47.7 Å². The summed E-state index contributed by atoms with van der Waals surface area (Å²) in [5.41, 5.74) is 11.4. The Morgan fingerprint density at radius 1 is 0.833 bits per heavy atom. The van der Waals surface area contributed by atoms with Gasteiger partial charge in [-0.1, -0.05) is 60.1 Å². The number of aryl methyl sites for hydroxylation is 2. The number of phenols is 1. The molecule has 4 atom stereocenters. The van der Waals surface area contributed by atoms with E-state index in [4.69, 9.17) is 27.9 Å². The predicted octanol–water partition coefficient (Wildman–Crippen LogP) is 1.91. The summed E-state index contributed by atoms with van der Waals surface area (Å²) in [6.07, 6.45) is 1.27. The summed E-state index contributed by atoms with van der Waals surface area (Å²) in [6.45, 7) is 3.88. The van der Waals surface area contributed by atoms with E-state index >= 15 is 0 Å². The summed E-state index contributed by atoms with van der Waals surface area (Å²) in [6, 6.07) is 14.0. The zero-order chi connectivity index (χ0) is 44.0. The van der Waals surface area contributed by atoms with Gasteiger partial charge in [0.25, 0.3) is 0 Å². The van der Waals surface area contributed by atoms with Crippen molar-refractivity contribution in [1.29, 1.82) is 0 Å². The number of benzene rings is 3. The molecule has 60 heavy (non-hydrogen) atoms. The zero-order valence-electron chi connectivity index (χ0n) is 33.4. The summed E-state index contributed by atoms with van der Waals surface area (Å²) in [7, 11) is 0. The average molecular weight is 853 g/mol. The fourth-order valence-corrected chi connectivity index (χ4v) is 6.40. The number of rotatable bonds is 25. The van der Waals surface area contributed by atoms with Crippen molar-refractivity contribution in [3.8, 4) is 5.75 Å². The number of hydrazine groups is 1. The van der Waals surface area contributed by atoms with Crippen LogP contribution < -0.4 is 43.6 Å². The standard InChI is InChI=1S/C40H53ClN10O9/c1-25-19-29(52)20-26(2)30(25)22-35(50-37(54)32(16-10-18-46-43)45-24-47-51(58)59)39(56)48-33(38(55)49-34(36(42)53)21-27-11-4-3-5-12-27)15-8-9-17-44-40(57)60-23-28-13-6-7-14-31(28)41/h3-7,11-14,19-20,24,32-35,46,52H,8-10,15-18,21-23,43H2,1-2H3,(H2,42,53)(H,44,57)(H,45,47)(H,48,56)(H,49,55)(H,50,54)/t32-,33+,34+,35+/m1/s1. The lowest BCUT2D eigenvalue weighted by Gasteiger charge is -2.27. The number of carbonyl (C=O) groups is 5. The molecule has 0 bridgehead atoms.